The number of benzene rings is 3. The van der Waals surface area contributed by atoms with Crippen molar-refractivity contribution in [2.45, 2.75) is 31.8 Å². The topological polar surface area (TPSA) is 48.0 Å². The molecule has 0 saturated carbocycles. The summed E-state index contributed by atoms with van der Waals surface area (Å²) in [5.41, 5.74) is 4.73. The second-order valence-electron chi connectivity index (χ2n) is 8.45. The second-order valence-corrected chi connectivity index (χ2v) is 9.01. The van der Waals surface area contributed by atoms with Crippen LogP contribution in [0.25, 0.3) is 11.1 Å². The van der Waals surface area contributed by atoms with Gasteiger partial charge in [0.1, 0.15) is 29.2 Å². The maximum Gasteiger partial charge on any atom is 0.258 e. The molecule has 1 heterocycles. The fourth-order valence-electron chi connectivity index (χ4n) is 4.30. The Labute approximate surface area is 207 Å². The summed E-state index contributed by atoms with van der Waals surface area (Å²) in [5.74, 6) is 1.44. The number of nitrogens with zero attached hydrogens (tertiary/aromatic N) is 1. The first-order valence-electron chi connectivity index (χ1n) is 11.0. The van der Waals surface area contributed by atoms with E-state index in [9.17, 15) is 9.18 Å². The lowest BCUT2D eigenvalue weighted by Gasteiger charge is -2.23. The minimum Gasteiger partial charge on any atom is -0.497 e. The van der Waals surface area contributed by atoms with Crippen LogP contribution in [0.4, 0.5) is 4.39 Å². The van der Waals surface area contributed by atoms with Crippen molar-refractivity contribution in [1.29, 1.82) is 0 Å². The maximum atomic E-state index is 13.8. The van der Waals surface area contributed by atoms with E-state index < -0.39 is 0 Å². The van der Waals surface area contributed by atoms with Gasteiger partial charge in [0.2, 0.25) is 0 Å². The van der Waals surface area contributed by atoms with Crippen molar-refractivity contribution in [2.24, 2.45) is 0 Å². The molecule has 5 nitrogen and oxygen atoms in total. The summed E-state index contributed by atoms with van der Waals surface area (Å²) in [7, 11) is 3.20. The SMILES string of the molecule is COc1cc(CN2CC(C)Oc3c(cc(CBr)cc3-c3ccc(F)cc3C)C2=O)cc(OC)c1. The number of halogens is 2. The van der Waals surface area contributed by atoms with E-state index in [0.717, 1.165) is 27.8 Å². The number of hydrogen-bond acceptors (Lipinski definition) is 4. The summed E-state index contributed by atoms with van der Waals surface area (Å²) in [6.07, 6.45) is -0.243. The molecule has 1 aliphatic rings. The maximum absolute atomic E-state index is 13.8. The molecular formula is C27H27BrFNO4. The smallest absolute Gasteiger partial charge is 0.258 e. The minimum atomic E-state index is -0.297. The molecule has 0 aliphatic carbocycles. The number of carbonyl (C=O) groups excluding carboxylic acids is 1. The molecule has 0 aromatic heterocycles. The van der Waals surface area contributed by atoms with Crippen molar-refractivity contribution in [1.82, 2.24) is 4.90 Å². The van der Waals surface area contributed by atoms with E-state index in [0.29, 0.717) is 41.2 Å². The van der Waals surface area contributed by atoms with Gasteiger partial charge in [-0.2, -0.15) is 0 Å². The predicted molar refractivity (Wildman–Crippen MR) is 134 cm³/mol. The van der Waals surface area contributed by atoms with E-state index in [4.69, 9.17) is 14.2 Å². The fraction of sp³-hybridized carbons (Fsp3) is 0.296. The van der Waals surface area contributed by atoms with Gasteiger partial charge in [0, 0.05) is 23.5 Å². The van der Waals surface area contributed by atoms with Gasteiger partial charge in [0.15, 0.2) is 0 Å². The lowest BCUT2D eigenvalue weighted by molar-refractivity contribution is 0.0706. The van der Waals surface area contributed by atoms with Gasteiger partial charge in [0.05, 0.1) is 26.3 Å². The molecule has 4 rings (SSSR count). The highest BCUT2D eigenvalue weighted by molar-refractivity contribution is 9.08. The van der Waals surface area contributed by atoms with Crippen molar-refractivity contribution in [3.8, 4) is 28.4 Å². The van der Waals surface area contributed by atoms with Crippen LogP contribution < -0.4 is 14.2 Å². The highest BCUT2D eigenvalue weighted by Gasteiger charge is 2.30. The zero-order chi connectivity index (χ0) is 24.4. The van der Waals surface area contributed by atoms with Gasteiger partial charge >= 0.3 is 0 Å². The molecule has 34 heavy (non-hydrogen) atoms. The third-order valence-corrected chi connectivity index (χ3v) is 6.53. The van der Waals surface area contributed by atoms with Crippen molar-refractivity contribution in [3.05, 3.63) is 76.6 Å². The summed E-state index contributed by atoms with van der Waals surface area (Å²) in [6, 6.07) is 14.1. The van der Waals surface area contributed by atoms with Crippen LogP contribution in [0.5, 0.6) is 17.2 Å². The van der Waals surface area contributed by atoms with Crippen LogP contribution in [0.3, 0.4) is 0 Å². The van der Waals surface area contributed by atoms with Crippen molar-refractivity contribution < 1.29 is 23.4 Å². The van der Waals surface area contributed by atoms with Crippen LogP contribution in [0.1, 0.15) is 34.0 Å². The van der Waals surface area contributed by atoms with Crippen LogP contribution in [-0.4, -0.2) is 37.7 Å². The number of rotatable bonds is 6. The first-order chi connectivity index (χ1) is 16.3. The number of aryl methyl sites for hydroxylation is 1. The molecular weight excluding hydrogens is 501 g/mol. The van der Waals surface area contributed by atoms with E-state index in [-0.39, 0.29) is 17.8 Å². The molecule has 0 spiro atoms. The molecule has 0 N–H and O–H groups in total. The van der Waals surface area contributed by atoms with Gasteiger partial charge in [-0.15, -0.1) is 0 Å². The molecule has 1 atom stereocenters. The average molecular weight is 528 g/mol. The normalized spacial score (nSPS) is 15.4. The predicted octanol–water partition coefficient (Wildman–Crippen LogP) is 6.14. The molecule has 0 radical (unpaired) electrons. The monoisotopic (exact) mass is 527 g/mol. The molecule has 0 fully saturated rings. The zero-order valence-corrected chi connectivity index (χ0v) is 21.2. The molecule has 7 heteroatoms. The van der Waals surface area contributed by atoms with E-state index in [1.165, 1.54) is 12.1 Å². The van der Waals surface area contributed by atoms with Crippen molar-refractivity contribution in [3.63, 3.8) is 0 Å². The molecule has 0 saturated heterocycles. The van der Waals surface area contributed by atoms with Gasteiger partial charge in [-0.1, -0.05) is 22.0 Å². The summed E-state index contributed by atoms with van der Waals surface area (Å²) >= 11 is 3.52. The second kappa shape index (κ2) is 10.1. The first-order valence-corrected chi connectivity index (χ1v) is 12.1. The minimum absolute atomic E-state index is 0.120. The molecule has 1 aliphatic heterocycles. The first kappa shape index (κ1) is 24.1. The van der Waals surface area contributed by atoms with E-state index in [1.54, 1.807) is 31.3 Å². The van der Waals surface area contributed by atoms with Crippen LogP contribution >= 0.6 is 15.9 Å². The molecule has 3 aromatic carbocycles. The number of alkyl halides is 1. The highest BCUT2D eigenvalue weighted by atomic mass is 79.9. The van der Waals surface area contributed by atoms with Crippen molar-refractivity contribution in [2.75, 3.05) is 20.8 Å². The third kappa shape index (κ3) is 4.89. The Bertz CT molecular complexity index is 1210. The highest BCUT2D eigenvalue weighted by Crippen LogP contribution is 2.40. The van der Waals surface area contributed by atoms with Gasteiger partial charge in [-0.25, -0.2) is 4.39 Å². The lowest BCUT2D eigenvalue weighted by atomic mass is 9.95. The summed E-state index contributed by atoms with van der Waals surface area (Å²) in [6.45, 7) is 4.60. The van der Waals surface area contributed by atoms with Crippen LogP contribution in [0.15, 0.2) is 48.5 Å². The van der Waals surface area contributed by atoms with E-state index >= 15 is 0 Å². The Kier molecular flexibility index (Phi) is 7.12. The molecule has 1 unspecified atom stereocenters. The Hall–Kier alpha value is -3.06. The summed E-state index contributed by atoms with van der Waals surface area (Å²) in [4.78, 5) is 15.6. The van der Waals surface area contributed by atoms with Crippen LogP contribution in [0, 0.1) is 12.7 Å². The third-order valence-electron chi connectivity index (χ3n) is 5.88. The van der Waals surface area contributed by atoms with E-state index in [2.05, 4.69) is 15.9 Å². The number of hydrogen-bond donors (Lipinski definition) is 0. The molecule has 3 aromatic rings. The van der Waals surface area contributed by atoms with Crippen LogP contribution in [0.2, 0.25) is 0 Å². The van der Waals surface area contributed by atoms with Gasteiger partial charge in [-0.3, -0.25) is 4.79 Å². The Morgan fingerprint density at radius 3 is 2.29 bits per heavy atom. The average Bonchev–Trinajstić information content (AvgIpc) is 2.94. The zero-order valence-electron chi connectivity index (χ0n) is 19.7. The van der Waals surface area contributed by atoms with Crippen LogP contribution in [-0.2, 0) is 11.9 Å². The van der Waals surface area contributed by atoms with Gasteiger partial charge in [-0.05, 0) is 72.5 Å². The van der Waals surface area contributed by atoms with Gasteiger partial charge < -0.3 is 19.1 Å². The Morgan fingerprint density at radius 1 is 1.00 bits per heavy atom. The fourth-order valence-corrected chi connectivity index (χ4v) is 4.62. The Balaban J connectivity index is 1.79. The quantitative estimate of drug-likeness (QED) is 0.361. The Morgan fingerprint density at radius 2 is 1.68 bits per heavy atom. The van der Waals surface area contributed by atoms with E-state index in [1.807, 2.05) is 38.1 Å². The number of amides is 1. The summed E-state index contributed by atoms with van der Waals surface area (Å²) < 4.78 is 30.9. The molecule has 178 valence electrons. The number of ether oxygens (including phenoxy) is 3. The summed E-state index contributed by atoms with van der Waals surface area (Å²) in [5, 5.41) is 0.573. The number of methoxy groups -OCH3 is 2. The standard InChI is InChI=1S/C27H27BrFNO4/c1-16-7-20(29)5-6-23(16)24-10-18(13-28)11-25-26(24)34-17(2)14-30(27(25)31)15-19-8-21(32-3)12-22(9-19)33-4/h5-12,17H,13-15H2,1-4H3. The number of carbonyl (C=O) groups is 1. The van der Waals surface area contributed by atoms with Crippen molar-refractivity contribution >= 4 is 21.8 Å². The lowest BCUT2D eigenvalue weighted by Crippen LogP contribution is -2.35. The largest absolute Gasteiger partial charge is 0.497 e. The number of fused-ring (bicyclic) bond motifs is 1. The molecule has 1 amide bonds. The molecule has 0 bridgehead atoms. The van der Waals surface area contributed by atoms with Gasteiger partial charge in [0.25, 0.3) is 5.91 Å².